The molecule has 0 fully saturated rings. The molecule has 4 atom stereocenters. The van der Waals surface area contributed by atoms with Gasteiger partial charge in [-0.15, -0.1) is 0 Å². The summed E-state index contributed by atoms with van der Waals surface area (Å²) in [5, 5.41) is 2.45. The maximum Gasteiger partial charge on any atom is 0.132 e. The van der Waals surface area contributed by atoms with Crippen LogP contribution >= 0.6 is 0 Å². The molecule has 1 aliphatic heterocycles. The van der Waals surface area contributed by atoms with E-state index >= 15 is 0 Å². The van der Waals surface area contributed by atoms with Crippen LogP contribution < -0.4 is 4.74 Å². The number of aromatic nitrogens is 1. The highest BCUT2D eigenvalue weighted by molar-refractivity contribution is 5.95. The van der Waals surface area contributed by atoms with Crippen LogP contribution in [0, 0.1) is 17.3 Å². The second kappa shape index (κ2) is 9.27. The summed E-state index contributed by atoms with van der Waals surface area (Å²) in [7, 11) is 0. The predicted molar refractivity (Wildman–Crippen MR) is 180 cm³/mol. The Morgan fingerprint density at radius 3 is 2.50 bits per heavy atom. The lowest BCUT2D eigenvalue weighted by Gasteiger charge is -2.46. The van der Waals surface area contributed by atoms with Crippen molar-refractivity contribution < 1.29 is 4.74 Å². The number of hydrogen-bond acceptors (Lipinski definition) is 2. The highest BCUT2D eigenvalue weighted by Crippen LogP contribution is 2.69. The maximum absolute atomic E-state index is 6.78. The van der Waals surface area contributed by atoms with E-state index in [1.807, 2.05) is 6.20 Å². The van der Waals surface area contributed by atoms with Crippen LogP contribution in [0.15, 0.2) is 151 Å². The van der Waals surface area contributed by atoms with Crippen LogP contribution in [-0.4, -0.2) is 4.98 Å². The number of ether oxygens (including phenoxy) is 1. The number of rotatable bonds is 2. The van der Waals surface area contributed by atoms with Crippen molar-refractivity contribution in [2.45, 2.75) is 25.7 Å². The third-order valence-electron chi connectivity index (χ3n) is 10.6. The minimum absolute atomic E-state index is 0.0809. The molecule has 5 aromatic rings. The highest BCUT2D eigenvalue weighted by atomic mass is 16.5. The lowest BCUT2D eigenvalue weighted by Crippen LogP contribution is -2.42. The van der Waals surface area contributed by atoms with Crippen LogP contribution in [0.3, 0.4) is 0 Å². The van der Waals surface area contributed by atoms with Crippen LogP contribution in [0.25, 0.3) is 33.2 Å². The van der Waals surface area contributed by atoms with Gasteiger partial charge in [0.1, 0.15) is 11.5 Å². The third kappa shape index (κ3) is 3.40. The number of allylic oxidation sites excluding steroid dienone is 8. The molecule has 1 spiro atoms. The van der Waals surface area contributed by atoms with Gasteiger partial charge in [-0.1, -0.05) is 129 Å². The van der Waals surface area contributed by atoms with Crippen LogP contribution in [0.5, 0.6) is 11.5 Å². The average molecular weight is 568 g/mol. The Kier molecular flexibility index (Phi) is 5.38. The second-order valence-electron chi connectivity index (χ2n) is 13.0. The van der Waals surface area contributed by atoms with E-state index in [0.29, 0.717) is 5.92 Å². The average Bonchev–Trinajstić information content (AvgIpc) is 3.29. The fourth-order valence-electron chi connectivity index (χ4n) is 8.60. The molecule has 9 rings (SSSR count). The standard InChI is InChI=1S/C42H33NO/c1-27-17-20-33-36(24-27)42(40-16-7-8-23-41(33,40)2)34-14-5-6-15-38(34)44-39-25-29(18-21-35(39)42)30-19-22-37(43-26-30)32-13-9-11-28-10-3-4-12-31(28)32/h3-23,25-27,40H,24H2,1-2H3. The first-order valence-electron chi connectivity index (χ1n) is 15.7. The largest absolute Gasteiger partial charge is 0.457 e. The summed E-state index contributed by atoms with van der Waals surface area (Å²) in [5.41, 5.74) is 9.53. The topological polar surface area (TPSA) is 22.1 Å². The highest BCUT2D eigenvalue weighted by Gasteiger charge is 2.61. The van der Waals surface area contributed by atoms with Gasteiger partial charge in [0, 0.05) is 39.8 Å². The maximum atomic E-state index is 6.78. The summed E-state index contributed by atoms with van der Waals surface area (Å²) >= 11 is 0. The molecule has 44 heavy (non-hydrogen) atoms. The molecule has 0 N–H and O–H groups in total. The van der Waals surface area contributed by atoms with Crippen molar-refractivity contribution in [3.63, 3.8) is 0 Å². The molecule has 0 saturated carbocycles. The lowest BCUT2D eigenvalue weighted by molar-refractivity contribution is 0.292. The monoisotopic (exact) mass is 567 g/mol. The van der Waals surface area contributed by atoms with Crippen molar-refractivity contribution in [2.24, 2.45) is 17.3 Å². The minimum atomic E-state index is -0.288. The lowest BCUT2D eigenvalue weighted by atomic mass is 9.57. The van der Waals surface area contributed by atoms with Crippen LogP contribution in [0.1, 0.15) is 31.4 Å². The first-order chi connectivity index (χ1) is 21.6. The van der Waals surface area contributed by atoms with Crippen LogP contribution in [0.2, 0.25) is 0 Å². The SMILES string of the molecule is CC1C=CC2=C(C1)C1(c3ccccc3Oc3cc(-c4ccc(-c5cccc6ccccc56)nc4)ccc31)C1C=CC=CC21C. The summed E-state index contributed by atoms with van der Waals surface area (Å²) < 4.78 is 6.78. The van der Waals surface area contributed by atoms with Gasteiger partial charge in [-0.2, -0.15) is 0 Å². The smallest absolute Gasteiger partial charge is 0.132 e. The molecule has 4 aliphatic rings. The van der Waals surface area contributed by atoms with Gasteiger partial charge < -0.3 is 4.74 Å². The van der Waals surface area contributed by atoms with E-state index in [-0.39, 0.29) is 16.7 Å². The Bertz CT molecular complexity index is 2110. The normalized spacial score (nSPS) is 25.9. The van der Waals surface area contributed by atoms with Crippen molar-refractivity contribution in [3.05, 3.63) is 162 Å². The Morgan fingerprint density at radius 2 is 1.59 bits per heavy atom. The molecule has 0 saturated heterocycles. The Balaban J connectivity index is 1.20. The van der Waals surface area contributed by atoms with Gasteiger partial charge in [0.25, 0.3) is 0 Å². The number of para-hydroxylation sites is 1. The Hall–Kier alpha value is -4.95. The van der Waals surface area contributed by atoms with Crippen molar-refractivity contribution in [2.75, 3.05) is 0 Å². The third-order valence-corrected chi connectivity index (χ3v) is 10.6. The first-order valence-corrected chi connectivity index (χ1v) is 15.7. The summed E-state index contributed by atoms with van der Waals surface area (Å²) in [6, 6.07) is 34.8. The van der Waals surface area contributed by atoms with Gasteiger partial charge in [0.15, 0.2) is 0 Å². The van der Waals surface area contributed by atoms with E-state index in [0.717, 1.165) is 40.3 Å². The molecule has 2 nitrogen and oxygen atoms in total. The second-order valence-corrected chi connectivity index (χ2v) is 13.0. The molecule has 4 unspecified atom stereocenters. The van der Waals surface area contributed by atoms with E-state index in [9.17, 15) is 0 Å². The number of hydrogen-bond donors (Lipinski definition) is 0. The Morgan fingerprint density at radius 1 is 0.773 bits per heavy atom. The molecule has 2 heterocycles. The van der Waals surface area contributed by atoms with Crippen molar-refractivity contribution >= 4 is 10.8 Å². The number of benzene rings is 4. The molecule has 4 aromatic carbocycles. The molecule has 1 aromatic heterocycles. The molecule has 2 heteroatoms. The summed E-state index contributed by atoms with van der Waals surface area (Å²) in [5.74, 6) is 2.66. The molecule has 0 amide bonds. The van der Waals surface area contributed by atoms with Gasteiger partial charge in [-0.25, -0.2) is 0 Å². The van der Waals surface area contributed by atoms with Crippen molar-refractivity contribution in [1.82, 2.24) is 4.98 Å². The fraction of sp³-hybridized carbons (Fsp3) is 0.167. The van der Waals surface area contributed by atoms with Gasteiger partial charge in [-0.3, -0.25) is 4.98 Å². The number of pyridine rings is 1. The summed E-state index contributed by atoms with van der Waals surface area (Å²) in [6.07, 6.45) is 17.2. The number of nitrogens with zero attached hydrogens (tertiary/aromatic N) is 1. The fourth-order valence-corrected chi connectivity index (χ4v) is 8.60. The van der Waals surface area contributed by atoms with E-state index in [1.165, 1.54) is 27.5 Å². The van der Waals surface area contributed by atoms with Crippen LogP contribution in [-0.2, 0) is 5.41 Å². The zero-order valence-corrected chi connectivity index (χ0v) is 25.0. The van der Waals surface area contributed by atoms with Gasteiger partial charge >= 0.3 is 0 Å². The van der Waals surface area contributed by atoms with E-state index in [1.54, 1.807) is 5.57 Å². The molecule has 3 aliphatic carbocycles. The summed E-state index contributed by atoms with van der Waals surface area (Å²) in [6.45, 7) is 4.77. The zero-order chi connectivity index (χ0) is 29.5. The quantitative estimate of drug-likeness (QED) is 0.212. The van der Waals surface area contributed by atoms with Gasteiger partial charge in [-0.05, 0) is 58.0 Å². The zero-order valence-electron chi connectivity index (χ0n) is 25.0. The molecular weight excluding hydrogens is 534 g/mol. The molecular formula is C42H33NO. The van der Waals surface area contributed by atoms with Gasteiger partial charge in [0.2, 0.25) is 0 Å². The van der Waals surface area contributed by atoms with Crippen molar-refractivity contribution in [1.29, 1.82) is 0 Å². The van der Waals surface area contributed by atoms with Crippen LogP contribution in [0.4, 0.5) is 0 Å². The molecule has 0 bridgehead atoms. The summed E-state index contributed by atoms with van der Waals surface area (Å²) in [4.78, 5) is 4.95. The molecule has 0 radical (unpaired) electrons. The Labute approximate surface area is 258 Å². The molecule has 212 valence electrons. The minimum Gasteiger partial charge on any atom is -0.457 e. The van der Waals surface area contributed by atoms with E-state index in [2.05, 4.69) is 147 Å². The van der Waals surface area contributed by atoms with Gasteiger partial charge in [0.05, 0.1) is 11.1 Å². The number of fused-ring (bicyclic) bond motifs is 9. The van der Waals surface area contributed by atoms with E-state index < -0.39 is 0 Å². The first kappa shape index (κ1) is 25.5. The van der Waals surface area contributed by atoms with Crippen molar-refractivity contribution in [3.8, 4) is 33.9 Å². The predicted octanol–water partition coefficient (Wildman–Crippen LogP) is 10.6. The van der Waals surface area contributed by atoms with E-state index in [4.69, 9.17) is 9.72 Å².